The molecule has 2 aromatic rings. The number of halogens is 1. The quantitative estimate of drug-likeness (QED) is 0.854. The molecule has 0 saturated carbocycles. The predicted molar refractivity (Wildman–Crippen MR) is 84.8 cm³/mol. The van der Waals surface area contributed by atoms with Crippen LogP contribution in [0.1, 0.15) is 25.3 Å². The lowest BCUT2D eigenvalue weighted by Crippen LogP contribution is -2.14. The van der Waals surface area contributed by atoms with Gasteiger partial charge in [-0.15, -0.1) is 11.3 Å². The monoisotopic (exact) mass is 320 g/mol. The molecule has 0 aliphatic rings. The highest BCUT2D eigenvalue weighted by atomic mass is 32.1. The number of carboxylic acid groups (broad SMARTS) is 1. The van der Waals surface area contributed by atoms with E-state index in [2.05, 4.69) is 11.6 Å². The summed E-state index contributed by atoms with van der Waals surface area (Å²) in [5, 5.41) is 10.8. The van der Waals surface area contributed by atoms with Gasteiger partial charge in [-0.1, -0.05) is 18.2 Å². The third-order valence-electron chi connectivity index (χ3n) is 3.16. The van der Waals surface area contributed by atoms with Gasteiger partial charge in [0, 0.05) is 18.1 Å². The normalized spacial score (nSPS) is 13.1. The first-order valence-electron chi connectivity index (χ1n) is 6.73. The number of aromatic nitrogens is 1. The molecule has 0 aliphatic heterocycles. The van der Waals surface area contributed by atoms with Crippen molar-refractivity contribution in [3.8, 4) is 0 Å². The minimum absolute atomic E-state index is 0.194. The van der Waals surface area contributed by atoms with Crippen molar-refractivity contribution in [2.75, 3.05) is 0 Å². The Morgan fingerprint density at radius 1 is 1.55 bits per heavy atom. The summed E-state index contributed by atoms with van der Waals surface area (Å²) in [6, 6.07) is 4.33. The first-order valence-corrected chi connectivity index (χ1v) is 7.61. The Balaban J connectivity index is 2.39. The van der Waals surface area contributed by atoms with E-state index < -0.39 is 17.7 Å². The minimum atomic E-state index is -0.985. The second-order valence-corrected chi connectivity index (χ2v) is 6.03. The number of allylic oxidation sites excluding steroid dienone is 1. The van der Waals surface area contributed by atoms with Gasteiger partial charge in [0.15, 0.2) is 4.80 Å². The van der Waals surface area contributed by atoms with Crippen LogP contribution in [0.4, 0.5) is 10.1 Å². The van der Waals surface area contributed by atoms with Crippen molar-refractivity contribution in [3.63, 3.8) is 0 Å². The summed E-state index contributed by atoms with van der Waals surface area (Å²) in [5.41, 5.74) is 1.59. The number of carboxylic acids is 1. The van der Waals surface area contributed by atoms with E-state index in [0.717, 1.165) is 5.57 Å². The highest BCUT2D eigenvalue weighted by molar-refractivity contribution is 7.07. The molecule has 0 fully saturated rings. The summed E-state index contributed by atoms with van der Waals surface area (Å²) in [4.78, 5) is 15.9. The van der Waals surface area contributed by atoms with Crippen LogP contribution in [0, 0.1) is 5.82 Å². The zero-order valence-electron chi connectivity index (χ0n) is 12.4. The molecule has 0 saturated heterocycles. The van der Waals surface area contributed by atoms with Crippen LogP contribution in [-0.2, 0) is 11.3 Å². The third-order valence-corrected chi connectivity index (χ3v) is 3.95. The summed E-state index contributed by atoms with van der Waals surface area (Å²) >= 11 is 1.40. The average molecular weight is 320 g/mol. The van der Waals surface area contributed by atoms with Crippen molar-refractivity contribution in [1.82, 2.24) is 4.57 Å². The Hall–Kier alpha value is -2.21. The fourth-order valence-corrected chi connectivity index (χ4v) is 2.67. The van der Waals surface area contributed by atoms with Crippen LogP contribution in [0.15, 0.2) is 46.9 Å². The van der Waals surface area contributed by atoms with Gasteiger partial charge in [-0.3, -0.25) is 4.79 Å². The largest absolute Gasteiger partial charge is 0.481 e. The SMILES string of the molecule is C=C(C)Cn1ccs/c1=N\c1ccc(C(C)C(=O)O)cc1F. The molecule has 0 aliphatic carbocycles. The van der Waals surface area contributed by atoms with Gasteiger partial charge in [-0.05, 0) is 31.5 Å². The molecule has 0 spiro atoms. The van der Waals surface area contributed by atoms with E-state index >= 15 is 0 Å². The number of benzene rings is 1. The van der Waals surface area contributed by atoms with E-state index in [4.69, 9.17) is 5.11 Å². The summed E-state index contributed by atoms with van der Waals surface area (Å²) in [6.07, 6.45) is 1.87. The topological polar surface area (TPSA) is 54.6 Å². The molecule has 0 bridgehead atoms. The Morgan fingerprint density at radius 2 is 2.27 bits per heavy atom. The van der Waals surface area contributed by atoms with E-state index in [1.807, 2.05) is 23.1 Å². The summed E-state index contributed by atoms with van der Waals surface area (Å²) in [5.74, 6) is -2.26. The number of rotatable bonds is 5. The van der Waals surface area contributed by atoms with Gasteiger partial charge in [0.1, 0.15) is 11.5 Å². The predicted octanol–water partition coefficient (Wildman–Crippen LogP) is 3.69. The van der Waals surface area contributed by atoms with Gasteiger partial charge in [0.25, 0.3) is 0 Å². The second-order valence-electron chi connectivity index (χ2n) is 5.15. The van der Waals surface area contributed by atoms with Crippen LogP contribution in [-0.4, -0.2) is 15.6 Å². The molecule has 1 N–H and O–H groups in total. The van der Waals surface area contributed by atoms with Crippen LogP contribution in [0.2, 0.25) is 0 Å². The van der Waals surface area contributed by atoms with Crippen LogP contribution in [0.3, 0.4) is 0 Å². The van der Waals surface area contributed by atoms with Gasteiger partial charge in [0.05, 0.1) is 5.92 Å². The van der Waals surface area contributed by atoms with Crippen molar-refractivity contribution in [3.05, 3.63) is 58.1 Å². The zero-order valence-corrected chi connectivity index (χ0v) is 13.2. The molecule has 0 amide bonds. The van der Waals surface area contributed by atoms with Gasteiger partial charge < -0.3 is 9.67 Å². The molecule has 4 nitrogen and oxygen atoms in total. The van der Waals surface area contributed by atoms with E-state index in [-0.39, 0.29) is 5.69 Å². The van der Waals surface area contributed by atoms with E-state index in [0.29, 0.717) is 16.9 Å². The standard InChI is InChI=1S/C16H17FN2O2S/c1-10(2)9-19-6-7-22-16(19)18-14-5-4-12(8-13(14)17)11(3)15(20)21/h4-8,11H,1,9H2,2-3H3,(H,20,21)/b18-16-. The minimum Gasteiger partial charge on any atom is -0.481 e. The van der Waals surface area contributed by atoms with E-state index in [1.54, 1.807) is 6.07 Å². The number of hydrogen-bond acceptors (Lipinski definition) is 3. The Bertz CT molecular complexity index is 776. The molecule has 1 aromatic heterocycles. The smallest absolute Gasteiger partial charge is 0.310 e. The maximum Gasteiger partial charge on any atom is 0.310 e. The number of thiazole rings is 1. The molecular weight excluding hydrogens is 303 g/mol. The molecule has 1 aromatic carbocycles. The zero-order chi connectivity index (χ0) is 16.3. The van der Waals surface area contributed by atoms with E-state index in [1.165, 1.54) is 30.4 Å². The van der Waals surface area contributed by atoms with Crippen molar-refractivity contribution < 1.29 is 14.3 Å². The molecule has 116 valence electrons. The maximum atomic E-state index is 14.2. The molecule has 1 heterocycles. The number of carbonyl (C=O) groups is 1. The molecule has 0 radical (unpaired) electrons. The highest BCUT2D eigenvalue weighted by Crippen LogP contribution is 2.23. The fraction of sp³-hybridized carbons (Fsp3) is 0.250. The van der Waals surface area contributed by atoms with Gasteiger partial charge >= 0.3 is 5.97 Å². The van der Waals surface area contributed by atoms with Gasteiger partial charge in [-0.2, -0.15) is 0 Å². The molecule has 22 heavy (non-hydrogen) atoms. The lowest BCUT2D eigenvalue weighted by molar-refractivity contribution is -0.138. The van der Waals surface area contributed by atoms with Crippen molar-refractivity contribution in [2.45, 2.75) is 26.3 Å². The lowest BCUT2D eigenvalue weighted by Gasteiger charge is -2.07. The number of aliphatic carboxylic acids is 1. The molecule has 1 atom stereocenters. The Kier molecular flexibility index (Phi) is 4.92. The second kappa shape index (κ2) is 6.70. The van der Waals surface area contributed by atoms with Crippen LogP contribution < -0.4 is 4.80 Å². The van der Waals surface area contributed by atoms with Crippen molar-refractivity contribution in [1.29, 1.82) is 0 Å². The average Bonchev–Trinajstić information content (AvgIpc) is 2.86. The molecule has 1 unspecified atom stereocenters. The Morgan fingerprint density at radius 3 is 2.86 bits per heavy atom. The summed E-state index contributed by atoms with van der Waals surface area (Å²) in [6.45, 7) is 7.91. The first-order chi connectivity index (χ1) is 10.4. The summed E-state index contributed by atoms with van der Waals surface area (Å²) < 4.78 is 16.0. The van der Waals surface area contributed by atoms with Gasteiger partial charge in [0.2, 0.25) is 0 Å². The number of hydrogen-bond donors (Lipinski definition) is 1. The summed E-state index contributed by atoms with van der Waals surface area (Å²) in [7, 11) is 0. The van der Waals surface area contributed by atoms with Crippen LogP contribution in [0.25, 0.3) is 0 Å². The van der Waals surface area contributed by atoms with E-state index in [9.17, 15) is 9.18 Å². The highest BCUT2D eigenvalue weighted by Gasteiger charge is 2.15. The van der Waals surface area contributed by atoms with Crippen molar-refractivity contribution >= 4 is 23.0 Å². The maximum absolute atomic E-state index is 14.2. The molecular formula is C16H17FN2O2S. The Labute approximate surface area is 131 Å². The van der Waals surface area contributed by atoms with Crippen LogP contribution in [0.5, 0.6) is 0 Å². The van der Waals surface area contributed by atoms with Crippen LogP contribution >= 0.6 is 11.3 Å². The number of nitrogens with zero attached hydrogens (tertiary/aromatic N) is 2. The van der Waals surface area contributed by atoms with Crippen molar-refractivity contribution in [2.24, 2.45) is 4.99 Å². The molecule has 6 heteroatoms. The molecule has 2 rings (SSSR count). The van der Waals surface area contributed by atoms with Gasteiger partial charge in [-0.25, -0.2) is 9.38 Å². The first kappa shape index (κ1) is 16.2. The fourth-order valence-electron chi connectivity index (χ4n) is 1.93. The lowest BCUT2D eigenvalue weighted by atomic mass is 10.0. The third kappa shape index (κ3) is 3.71.